The van der Waals surface area contributed by atoms with E-state index in [1.807, 2.05) is 6.07 Å². The van der Waals surface area contributed by atoms with Crippen LogP contribution in [0.25, 0.3) is 0 Å². The van der Waals surface area contributed by atoms with Crippen molar-refractivity contribution in [3.05, 3.63) is 105 Å². The lowest BCUT2D eigenvalue weighted by Crippen LogP contribution is -2.47. The van der Waals surface area contributed by atoms with Crippen molar-refractivity contribution >= 4 is 28.0 Å². The summed E-state index contributed by atoms with van der Waals surface area (Å²) in [6, 6.07) is 16.6. The van der Waals surface area contributed by atoms with Crippen molar-refractivity contribution in [2.45, 2.75) is 16.7 Å². The minimum absolute atomic E-state index is 0.00752. The van der Waals surface area contributed by atoms with Crippen molar-refractivity contribution in [3.63, 3.8) is 0 Å². The van der Waals surface area contributed by atoms with Crippen LogP contribution in [0, 0.1) is 11.6 Å². The molecule has 0 unspecified atom stereocenters. The van der Waals surface area contributed by atoms with Crippen molar-refractivity contribution in [3.8, 4) is 34.5 Å². The molecule has 0 aromatic heterocycles. The summed E-state index contributed by atoms with van der Waals surface area (Å²) >= 11 is 3.31. The molecule has 9 rings (SSSR count). The maximum atomic E-state index is 15.0. The Hall–Kier alpha value is -5.12. The van der Waals surface area contributed by atoms with Gasteiger partial charge in [-0.2, -0.15) is 0 Å². The van der Waals surface area contributed by atoms with Gasteiger partial charge in [-0.3, -0.25) is 0 Å². The molecule has 1 fully saturated rings. The average Bonchev–Trinajstić information content (AvgIpc) is 3.68. The fraction of sp³-hybridized carbons (Fsp3) is 0.257. The minimum atomic E-state index is -1.24. The van der Waals surface area contributed by atoms with Gasteiger partial charge in [0.05, 0.1) is 27.4 Å². The van der Waals surface area contributed by atoms with Crippen LogP contribution in [-0.2, 0) is 30.9 Å². The van der Waals surface area contributed by atoms with Gasteiger partial charge in [-0.15, -0.1) is 0 Å². The number of fused-ring (bicyclic) bond motifs is 8. The Bertz CT molecular complexity index is 2140. The summed E-state index contributed by atoms with van der Waals surface area (Å²) in [5, 5.41) is 10.6. The van der Waals surface area contributed by atoms with E-state index in [0.29, 0.717) is 49.7 Å². The van der Waals surface area contributed by atoms with Gasteiger partial charge in [-0.25, -0.2) is 18.8 Å². The average molecular weight is 752 g/mol. The second-order valence-corrected chi connectivity index (χ2v) is 13.2. The molecule has 5 aliphatic heterocycles. The number of aliphatic hydroxyl groups is 1. The lowest BCUT2D eigenvalue weighted by Gasteiger charge is -2.39. The van der Waals surface area contributed by atoms with E-state index in [9.17, 15) is 13.9 Å². The predicted molar refractivity (Wildman–Crippen MR) is 178 cm³/mol. The van der Waals surface area contributed by atoms with Gasteiger partial charge in [-0.05, 0) is 66.2 Å². The number of nitrogens with zero attached hydrogens (tertiary/aromatic N) is 2. The van der Waals surface area contributed by atoms with Gasteiger partial charge in [-0.1, -0.05) is 15.9 Å². The monoisotopic (exact) mass is 750 g/mol. The van der Waals surface area contributed by atoms with Crippen LogP contribution in [0.3, 0.4) is 0 Å². The molecule has 15 heteroatoms. The zero-order chi connectivity index (χ0) is 35.0. The fourth-order valence-corrected chi connectivity index (χ4v) is 7.16. The lowest BCUT2D eigenvalue weighted by atomic mass is 9.78. The summed E-state index contributed by atoms with van der Waals surface area (Å²) in [5.41, 5.74) is 11.1. The van der Waals surface area contributed by atoms with Gasteiger partial charge in [0.1, 0.15) is 41.8 Å². The van der Waals surface area contributed by atoms with Crippen LogP contribution < -0.4 is 30.4 Å². The molecular weight excluding hydrogens is 722 g/mol. The first-order chi connectivity index (χ1) is 24.0. The highest BCUT2D eigenvalue weighted by Gasteiger charge is 2.50. The zero-order valence-corrected chi connectivity index (χ0v) is 28.2. The number of rotatable bonds is 3. The molecule has 2 spiro atoms. The molecule has 2 atom stereocenters. The van der Waals surface area contributed by atoms with Gasteiger partial charge in [0.25, 0.3) is 12.0 Å². The number of methoxy groups -OCH3 is 2. The van der Waals surface area contributed by atoms with Crippen molar-refractivity contribution in [1.82, 2.24) is 0 Å². The Kier molecular flexibility index (Phi) is 7.36. The van der Waals surface area contributed by atoms with E-state index >= 15 is 0 Å². The Morgan fingerprint density at radius 1 is 0.700 bits per heavy atom. The summed E-state index contributed by atoms with van der Waals surface area (Å²) in [4.78, 5) is 8.97. The Balaban J connectivity index is 0.000000146. The summed E-state index contributed by atoms with van der Waals surface area (Å²) in [7, 11) is 3.13. The van der Waals surface area contributed by atoms with Gasteiger partial charge in [0, 0.05) is 26.7 Å². The maximum Gasteiger partial charge on any atom is 0.283 e. The smallest absolute Gasteiger partial charge is 0.283 e. The summed E-state index contributed by atoms with van der Waals surface area (Å²) in [6.07, 6.45) is 0. The van der Waals surface area contributed by atoms with Crippen LogP contribution >= 0.6 is 15.9 Å². The number of hydrogen-bond acceptors (Lipinski definition) is 12. The van der Waals surface area contributed by atoms with Gasteiger partial charge >= 0.3 is 0 Å². The van der Waals surface area contributed by atoms with Crippen LogP contribution in [0.1, 0.15) is 27.8 Å². The van der Waals surface area contributed by atoms with Crippen LogP contribution in [0.15, 0.2) is 75.1 Å². The molecule has 258 valence electrons. The molecule has 1 saturated heterocycles. The summed E-state index contributed by atoms with van der Waals surface area (Å²) in [6.45, 7) is 0.467. The predicted octanol–water partition coefficient (Wildman–Crippen LogP) is 5.04. The minimum Gasteiger partial charge on any atom is -0.497 e. The van der Waals surface area contributed by atoms with Crippen LogP contribution in [0.2, 0.25) is 0 Å². The zero-order valence-electron chi connectivity index (χ0n) is 26.6. The first kappa shape index (κ1) is 32.1. The van der Waals surface area contributed by atoms with Gasteiger partial charge in [0.15, 0.2) is 34.2 Å². The third-order valence-electron chi connectivity index (χ3n) is 9.31. The molecule has 0 aliphatic carbocycles. The number of amidine groups is 2. The largest absolute Gasteiger partial charge is 0.497 e. The Morgan fingerprint density at radius 2 is 1.20 bits per heavy atom. The van der Waals surface area contributed by atoms with Crippen LogP contribution in [0.4, 0.5) is 8.78 Å². The third-order valence-corrected chi connectivity index (χ3v) is 9.77. The fourth-order valence-electron chi connectivity index (χ4n) is 6.73. The second-order valence-electron chi connectivity index (χ2n) is 12.2. The number of ether oxygens (including phenoxy) is 7. The van der Waals surface area contributed by atoms with E-state index < -0.39 is 28.3 Å². The van der Waals surface area contributed by atoms with Gasteiger partial charge < -0.3 is 49.7 Å². The third kappa shape index (κ3) is 4.82. The first-order valence-corrected chi connectivity index (χ1v) is 16.1. The topological polar surface area (TPSA) is 162 Å². The highest BCUT2D eigenvalue weighted by molar-refractivity contribution is 9.10. The standard InChI is InChI=1S/C19H17FN2O5.C16H12BrFN2O3/c1-24-11-2-3-15-12(6-11)19(9-26-17(21)22-19)13-4-10(18(23)7-25-8-18)5-14(20)16(13)27-15;1-21-9-2-3-13-10(6-9)16(7-22-15(19)20-16)11-4-8(17)5-12(18)14(11)23-13/h2-6,23H,7-9H2,1H3,(H2,21,22);2-6H,7H2,1H3,(H2,19,20)/t19-;16-/m00/s1. The molecule has 0 saturated carbocycles. The number of hydrogen-bond donors (Lipinski definition) is 3. The number of halogens is 3. The van der Waals surface area contributed by atoms with Gasteiger partial charge in [0.2, 0.25) is 0 Å². The molecule has 0 bridgehead atoms. The highest BCUT2D eigenvalue weighted by Crippen LogP contribution is 2.55. The Labute approximate surface area is 292 Å². The molecule has 0 radical (unpaired) electrons. The highest BCUT2D eigenvalue weighted by atomic mass is 79.9. The molecule has 0 amide bonds. The quantitative estimate of drug-likeness (QED) is 0.259. The van der Waals surface area contributed by atoms with E-state index in [1.165, 1.54) is 12.1 Å². The lowest BCUT2D eigenvalue weighted by molar-refractivity contribution is -0.184. The Morgan fingerprint density at radius 3 is 1.64 bits per heavy atom. The maximum absolute atomic E-state index is 15.0. The van der Waals surface area contributed by atoms with Crippen molar-refractivity contribution in [2.75, 3.05) is 40.6 Å². The van der Waals surface area contributed by atoms with E-state index in [2.05, 4.69) is 25.9 Å². The normalized spacial score (nSPS) is 22.8. The molecule has 5 N–H and O–H groups in total. The molecule has 4 aromatic carbocycles. The number of benzene rings is 4. The molecule has 4 aromatic rings. The molecule has 50 heavy (non-hydrogen) atoms. The molecule has 12 nitrogen and oxygen atoms in total. The number of nitrogens with two attached hydrogens (primary N) is 2. The van der Waals surface area contributed by atoms with E-state index in [-0.39, 0.29) is 50.0 Å². The SMILES string of the molecule is COc1ccc2c(c1)[C@@]1(COC(N)=N1)c1cc(Br)cc(F)c1O2.COc1ccc2c(c1)[C@@]1(COC(N)=N1)c1cc(C3(O)COC3)cc(F)c1O2. The van der Waals surface area contributed by atoms with Crippen LogP contribution in [0.5, 0.6) is 34.5 Å². The molecular formula is C35H29BrF2N4O8. The van der Waals surface area contributed by atoms with Crippen molar-refractivity contribution in [2.24, 2.45) is 21.5 Å². The molecule has 5 aliphatic rings. The van der Waals surface area contributed by atoms with E-state index in [4.69, 9.17) is 44.6 Å². The number of aliphatic imine (C=N–C) groups is 2. The second kappa shape index (κ2) is 11.5. The van der Waals surface area contributed by atoms with E-state index in [0.717, 1.165) is 5.56 Å². The van der Waals surface area contributed by atoms with Crippen LogP contribution in [-0.4, -0.2) is 57.8 Å². The van der Waals surface area contributed by atoms with Crippen molar-refractivity contribution < 1.29 is 47.0 Å². The van der Waals surface area contributed by atoms with E-state index in [1.54, 1.807) is 56.7 Å². The van der Waals surface area contributed by atoms with Crippen molar-refractivity contribution in [1.29, 1.82) is 0 Å². The molecule has 5 heterocycles. The summed E-state index contributed by atoms with van der Waals surface area (Å²) < 4.78 is 68.1. The summed E-state index contributed by atoms with van der Waals surface area (Å²) in [5.74, 6) is 1.30. The first-order valence-electron chi connectivity index (χ1n) is 15.3.